The SMILES string of the molecule is COC(=O)c1ccc(CCNC(=O)c2cc(Cl)ccc2I)cc1. The number of hydrogen-bond acceptors (Lipinski definition) is 3. The van der Waals surface area contributed by atoms with Gasteiger partial charge in [0, 0.05) is 15.1 Å². The van der Waals surface area contributed by atoms with Crippen molar-refractivity contribution in [2.24, 2.45) is 0 Å². The van der Waals surface area contributed by atoms with Crippen molar-refractivity contribution >= 4 is 46.1 Å². The molecular formula is C17H15ClINO3. The van der Waals surface area contributed by atoms with Gasteiger partial charge in [0.15, 0.2) is 0 Å². The van der Waals surface area contributed by atoms with Crippen molar-refractivity contribution < 1.29 is 14.3 Å². The largest absolute Gasteiger partial charge is 0.465 e. The molecule has 0 unspecified atom stereocenters. The predicted octanol–water partition coefficient (Wildman–Crippen LogP) is 3.70. The first-order valence-corrected chi connectivity index (χ1v) is 8.37. The lowest BCUT2D eigenvalue weighted by atomic mass is 10.1. The van der Waals surface area contributed by atoms with E-state index in [9.17, 15) is 9.59 Å². The normalized spacial score (nSPS) is 10.2. The smallest absolute Gasteiger partial charge is 0.337 e. The number of carbonyl (C=O) groups excluding carboxylic acids is 2. The van der Waals surface area contributed by atoms with Crippen molar-refractivity contribution in [2.45, 2.75) is 6.42 Å². The quantitative estimate of drug-likeness (QED) is 0.566. The summed E-state index contributed by atoms with van der Waals surface area (Å²) in [6.07, 6.45) is 0.671. The highest BCUT2D eigenvalue weighted by molar-refractivity contribution is 14.1. The number of methoxy groups -OCH3 is 1. The van der Waals surface area contributed by atoms with E-state index in [0.717, 1.165) is 9.13 Å². The van der Waals surface area contributed by atoms with Crippen LogP contribution >= 0.6 is 34.2 Å². The van der Waals surface area contributed by atoms with Crippen LogP contribution in [0.5, 0.6) is 0 Å². The molecule has 0 atom stereocenters. The molecule has 0 aromatic heterocycles. The molecule has 0 fully saturated rings. The standard InChI is InChI=1S/C17H15ClINO3/c1-23-17(22)12-4-2-11(3-5-12)8-9-20-16(21)14-10-13(18)6-7-15(14)19/h2-7,10H,8-9H2,1H3,(H,20,21). The third kappa shape index (κ3) is 4.94. The third-order valence-corrected chi connectivity index (χ3v) is 4.42. The van der Waals surface area contributed by atoms with Gasteiger partial charge < -0.3 is 10.1 Å². The van der Waals surface area contributed by atoms with Gasteiger partial charge in [-0.2, -0.15) is 0 Å². The van der Waals surface area contributed by atoms with Crippen LogP contribution < -0.4 is 5.32 Å². The van der Waals surface area contributed by atoms with Gasteiger partial charge in [-0.15, -0.1) is 0 Å². The van der Waals surface area contributed by atoms with Gasteiger partial charge >= 0.3 is 5.97 Å². The third-order valence-electron chi connectivity index (χ3n) is 3.25. The van der Waals surface area contributed by atoms with Gasteiger partial charge in [0.2, 0.25) is 0 Å². The molecule has 0 heterocycles. The minimum Gasteiger partial charge on any atom is -0.465 e. The first kappa shape index (κ1) is 17.7. The van der Waals surface area contributed by atoms with Crippen molar-refractivity contribution in [3.05, 3.63) is 67.7 Å². The summed E-state index contributed by atoms with van der Waals surface area (Å²) in [6.45, 7) is 0.499. The average molecular weight is 444 g/mol. The van der Waals surface area contributed by atoms with E-state index in [1.54, 1.807) is 24.3 Å². The Kier molecular flexibility index (Phi) is 6.41. The number of halogens is 2. The highest BCUT2D eigenvalue weighted by atomic mass is 127. The summed E-state index contributed by atoms with van der Waals surface area (Å²) in [7, 11) is 1.35. The second-order valence-electron chi connectivity index (χ2n) is 4.82. The Balaban J connectivity index is 1.90. The zero-order valence-electron chi connectivity index (χ0n) is 12.4. The first-order chi connectivity index (χ1) is 11.0. The van der Waals surface area contributed by atoms with Gasteiger partial charge in [-0.05, 0) is 64.9 Å². The number of benzene rings is 2. The van der Waals surface area contributed by atoms with E-state index in [1.807, 2.05) is 18.2 Å². The molecule has 120 valence electrons. The lowest BCUT2D eigenvalue weighted by Gasteiger charge is -2.08. The Labute approximate surface area is 153 Å². The van der Waals surface area contributed by atoms with E-state index in [4.69, 9.17) is 11.6 Å². The summed E-state index contributed by atoms with van der Waals surface area (Å²) in [5.74, 6) is -0.511. The maximum Gasteiger partial charge on any atom is 0.337 e. The fourth-order valence-corrected chi connectivity index (χ4v) is 2.76. The molecule has 0 radical (unpaired) electrons. The van der Waals surface area contributed by atoms with Crippen molar-refractivity contribution in [3.8, 4) is 0 Å². The molecule has 0 aliphatic carbocycles. The number of amides is 1. The van der Waals surface area contributed by atoms with Gasteiger partial charge in [-0.1, -0.05) is 23.7 Å². The van der Waals surface area contributed by atoms with Crippen LogP contribution in [0, 0.1) is 3.57 Å². The van der Waals surface area contributed by atoms with Crippen LogP contribution in [0.15, 0.2) is 42.5 Å². The maximum absolute atomic E-state index is 12.2. The summed E-state index contributed by atoms with van der Waals surface area (Å²) >= 11 is 8.03. The lowest BCUT2D eigenvalue weighted by molar-refractivity contribution is 0.0600. The Hall–Kier alpha value is -1.60. The molecule has 2 rings (SSSR count). The summed E-state index contributed by atoms with van der Waals surface area (Å²) < 4.78 is 5.50. The predicted molar refractivity (Wildman–Crippen MR) is 98.0 cm³/mol. The van der Waals surface area contributed by atoms with E-state index in [0.29, 0.717) is 29.1 Å². The molecule has 0 saturated heterocycles. The molecule has 0 spiro atoms. The fraction of sp³-hybridized carbons (Fsp3) is 0.176. The summed E-state index contributed by atoms with van der Waals surface area (Å²) in [5, 5.41) is 3.41. The number of ether oxygens (including phenoxy) is 1. The monoisotopic (exact) mass is 443 g/mol. The summed E-state index contributed by atoms with van der Waals surface area (Å²) in [5.41, 5.74) is 2.10. The number of esters is 1. The molecule has 2 aromatic carbocycles. The van der Waals surface area contributed by atoms with Crippen LogP contribution in [-0.2, 0) is 11.2 Å². The number of nitrogens with one attached hydrogen (secondary N) is 1. The fourth-order valence-electron chi connectivity index (χ4n) is 2.01. The first-order valence-electron chi connectivity index (χ1n) is 6.92. The molecule has 2 aromatic rings. The van der Waals surface area contributed by atoms with E-state index in [-0.39, 0.29) is 11.9 Å². The highest BCUT2D eigenvalue weighted by Gasteiger charge is 2.10. The van der Waals surface area contributed by atoms with E-state index < -0.39 is 0 Å². The minimum atomic E-state index is -0.361. The van der Waals surface area contributed by atoms with Gasteiger partial charge in [0.25, 0.3) is 5.91 Å². The van der Waals surface area contributed by atoms with E-state index in [2.05, 4.69) is 32.6 Å². The van der Waals surface area contributed by atoms with Crippen LogP contribution in [0.2, 0.25) is 5.02 Å². The van der Waals surface area contributed by atoms with Crippen molar-refractivity contribution in [1.29, 1.82) is 0 Å². The molecule has 6 heteroatoms. The second kappa shape index (κ2) is 8.31. The van der Waals surface area contributed by atoms with Gasteiger partial charge in [0.1, 0.15) is 0 Å². The van der Waals surface area contributed by atoms with Crippen molar-refractivity contribution in [3.63, 3.8) is 0 Å². The van der Waals surface area contributed by atoms with Crippen LogP contribution in [0.3, 0.4) is 0 Å². The Morgan fingerprint density at radius 3 is 2.52 bits per heavy atom. The molecule has 0 saturated carbocycles. The Morgan fingerprint density at radius 2 is 1.87 bits per heavy atom. The highest BCUT2D eigenvalue weighted by Crippen LogP contribution is 2.17. The number of rotatable bonds is 5. The zero-order chi connectivity index (χ0) is 16.8. The molecule has 1 N–H and O–H groups in total. The van der Waals surface area contributed by atoms with Crippen LogP contribution in [0.1, 0.15) is 26.3 Å². The molecule has 23 heavy (non-hydrogen) atoms. The average Bonchev–Trinajstić information content (AvgIpc) is 2.56. The molecular weight excluding hydrogens is 429 g/mol. The molecule has 0 aliphatic heterocycles. The Morgan fingerprint density at radius 1 is 1.17 bits per heavy atom. The zero-order valence-corrected chi connectivity index (χ0v) is 15.3. The molecule has 0 bridgehead atoms. The summed E-state index contributed by atoms with van der Waals surface area (Å²) in [4.78, 5) is 23.5. The molecule has 4 nitrogen and oxygen atoms in total. The van der Waals surface area contributed by atoms with Crippen molar-refractivity contribution in [2.75, 3.05) is 13.7 Å². The second-order valence-corrected chi connectivity index (χ2v) is 6.42. The van der Waals surface area contributed by atoms with Crippen LogP contribution in [0.4, 0.5) is 0 Å². The van der Waals surface area contributed by atoms with Crippen molar-refractivity contribution in [1.82, 2.24) is 5.32 Å². The molecule has 0 aliphatic rings. The lowest BCUT2D eigenvalue weighted by Crippen LogP contribution is -2.26. The molecule has 1 amide bonds. The van der Waals surface area contributed by atoms with Gasteiger partial charge in [0.05, 0.1) is 18.2 Å². The topological polar surface area (TPSA) is 55.4 Å². The number of carbonyl (C=O) groups is 2. The van der Waals surface area contributed by atoms with Gasteiger partial charge in [-0.3, -0.25) is 4.79 Å². The van der Waals surface area contributed by atoms with Crippen LogP contribution in [-0.4, -0.2) is 25.5 Å². The van der Waals surface area contributed by atoms with Crippen LogP contribution in [0.25, 0.3) is 0 Å². The Bertz CT molecular complexity index is 716. The summed E-state index contributed by atoms with van der Waals surface area (Å²) in [6, 6.07) is 12.3. The maximum atomic E-state index is 12.2. The van der Waals surface area contributed by atoms with E-state index in [1.165, 1.54) is 7.11 Å². The van der Waals surface area contributed by atoms with Gasteiger partial charge in [-0.25, -0.2) is 4.79 Å². The number of hydrogen-bond donors (Lipinski definition) is 1. The minimum absolute atomic E-state index is 0.150. The van der Waals surface area contributed by atoms with E-state index >= 15 is 0 Å².